The zero-order valence-electron chi connectivity index (χ0n) is 38.8. The monoisotopic (exact) mass is 863 g/mol. The molecular weight excluding hydrogens is 807 g/mol. The van der Waals surface area contributed by atoms with Crippen molar-refractivity contribution in [1.29, 1.82) is 0 Å². The lowest BCUT2D eigenvalue weighted by molar-refractivity contribution is 0.490. The molecule has 8 aromatic carbocycles. The maximum atomic E-state index is 2.51. The first-order valence-electron chi connectivity index (χ1n) is 24.8. The fourth-order valence-corrected chi connectivity index (χ4v) is 12.7. The molecule has 0 saturated heterocycles. The lowest BCUT2D eigenvalue weighted by Crippen LogP contribution is -2.24. The maximum absolute atomic E-state index is 2.51. The zero-order chi connectivity index (χ0) is 45.0. The number of hydrogen-bond acceptors (Lipinski definition) is 1. The summed E-state index contributed by atoms with van der Waals surface area (Å²) >= 11 is 0. The van der Waals surface area contributed by atoms with Crippen LogP contribution in [0, 0.1) is 0 Å². The molecule has 67 heavy (non-hydrogen) atoms. The average molecular weight is 864 g/mol. The van der Waals surface area contributed by atoms with Crippen LogP contribution < -0.4 is 4.90 Å². The van der Waals surface area contributed by atoms with Crippen LogP contribution in [0.2, 0.25) is 0 Å². The Bertz CT molecular complexity index is 3170. The van der Waals surface area contributed by atoms with Crippen molar-refractivity contribution in [3.05, 3.63) is 251 Å². The summed E-state index contributed by atoms with van der Waals surface area (Å²) in [6.45, 7) is 4.73. The molecule has 4 aliphatic rings. The first-order valence-corrected chi connectivity index (χ1v) is 24.8. The molecule has 1 nitrogen and oxygen atoms in total. The molecule has 12 rings (SSSR count). The lowest BCUT2D eigenvalue weighted by atomic mass is 9.70. The quantitative estimate of drug-likeness (QED) is 0.124. The van der Waals surface area contributed by atoms with Crippen LogP contribution in [0.25, 0.3) is 51.1 Å². The summed E-state index contributed by atoms with van der Waals surface area (Å²) in [5.74, 6) is 0.326. The van der Waals surface area contributed by atoms with Gasteiger partial charge in [0.25, 0.3) is 0 Å². The van der Waals surface area contributed by atoms with Gasteiger partial charge in [0, 0.05) is 33.8 Å². The van der Waals surface area contributed by atoms with Crippen LogP contribution in [0.3, 0.4) is 0 Å². The van der Waals surface area contributed by atoms with Gasteiger partial charge < -0.3 is 4.90 Å². The Morgan fingerprint density at radius 3 is 1.78 bits per heavy atom. The highest BCUT2D eigenvalue weighted by Crippen LogP contribution is 2.60. The van der Waals surface area contributed by atoms with E-state index in [-0.39, 0.29) is 10.8 Å². The van der Waals surface area contributed by atoms with E-state index in [4.69, 9.17) is 0 Å². The van der Waals surface area contributed by atoms with E-state index in [9.17, 15) is 0 Å². The minimum atomic E-state index is -0.0672. The van der Waals surface area contributed by atoms with Crippen molar-refractivity contribution >= 4 is 34.8 Å². The van der Waals surface area contributed by atoms with E-state index in [0.717, 1.165) is 30.6 Å². The second-order valence-electron chi connectivity index (χ2n) is 19.4. The van der Waals surface area contributed by atoms with Gasteiger partial charge in [-0.1, -0.05) is 208 Å². The van der Waals surface area contributed by atoms with Crippen LogP contribution >= 0.6 is 0 Å². The van der Waals surface area contributed by atoms with Crippen molar-refractivity contribution in [3.8, 4) is 33.4 Å². The molecule has 4 aliphatic carbocycles. The number of anilines is 3. The molecule has 8 aromatic rings. The summed E-state index contributed by atoms with van der Waals surface area (Å²) in [6.07, 6.45) is 17.9. The van der Waals surface area contributed by atoms with Crippen LogP contribution in [-0.4, -0.2) is 0 Å². The topological polar surface area (TPSA) is 3.24 Å². The van der Waals surface area contributed by atoms with Crippen molar-refractivity contribution in [1.82, 2.24) is 0 Å². The number of rotatable bonds is 10. The molecule has 0 aliphatic heterocycles. The number of benzene rings is 8. The van der Waals surface area contributed by atoms with Crippen molar-refractivity contribution in [2.45, 2.75) is 75.5 Å². The van der Waals surface area contributed by atoms with Crippen molar-refractivity contribution in [2.75, 3.05) is 4.90 Å². The van der Waals surface area contributed by atoms with Crippen LogP contribution in [0.15, 0.2) is 212 Å². The summed E-state index contributed by atoms with van der Waals surface area (Å²) < 4.78 is 0. The molecule has 1 saturated carbocycles. The second kappa shape index (κ2) is 16.9. The fourth-order valence-electron chi connectivity index (χ4n) is 12.7. The number of para-hydroxylation sites is 2. The van der Waals surface area contributed by atoms with Crippen LogP contribution in [0.5, 0.6) is 0 Å². The highest BCUT2D eigenvalue weighted by atomic mass is 15.1. The maximum Gasteiger partial charge on any atom is 0.0465 e. The number of nitrogens with zero attached hydrogens (tertiary/aromatic N) is 1. The Kier molecular flexibility index (Phi) is 10.4. The highest BCUT2D eigenvalue weighted by Gasteiger charge is 2.47. The minimum absolute atomic E-state index is 0.0672. The van der Waals surface area contributed by atoms with Gasteiger partial charge in [0.1, 0.15) is 0 Å². The van der Waals surface area contributed by atoms with Gasteiger partial charge in [0.15, 0.2) is 0 Å². The van der Waals surface area contributed by atoms with Crippen LogP contribution in [0.1, 0.15) is 104 Å². The summed E-state index contributed by atoms with van der Waals surface area (Å²) in [5.41, 5.74) is 24.5. The lowest BCUT2D eigenvalue weighted by Gasteiger charge is -2.33. The van der Waals surface area contributed by atoms with Gasteiger partial charge in [-0.3, -0.25) is 0 Å². The fraction of sp³-hybridized carbons (Fsp3) is 0.182. The van der Waals surface area contributed by atoms with Crippen molar-refractivity contribution < 1.29 is 0 Å². The van der Waals surface area contributed by atoms with E-state index in [1.165, 1.54) is 104 Å². The van der Waals surface area contributed by atoms with Gasteiger partial charge >= 0.3 is 0 Å². The van der Waals surface area contributed by atoms with Crippen LogP contribution in [-0.2, 0) is 10.8 Å². The van der Waals surface area contributed by atoms with E-state index in [1.54, 1.807) is 11.1 Å². The van der Waals surface area contributed by atoms with E-state index >= 15 is 0 Å². The van der Waals surface area contributed by atoms with E-state index in [2.05, 4.69) is 237 Å². The van der Waals surface area contributed by atoms with Gasteiger partial charge in [-0.05, 0) is 152 Å². The number of fused-ring (bicyclic) bond motifs is 7. The Morgan fingerprint density at radius 1 is 0.478 bits per heavy atom. The number of hydrogen-bond donors (Lipinski definition) is 0. The number of allylic oxidation sites excluding steroid dienone is 4. The Labute approximate surface area is 397 Å². The molecule has 1 fully saturated rings. The third kappa shape index (κ3) is 6.90. The van der Waals surface area contributed by atoms with Crippen LogP contribution in [0.4, 0.5) is 17.1 Å². The molecule has 0 radical (unpaired) electrons. The summed E-state index contributed by atoms with van der Waals surface area (Å²) in [5, 5.41) is 0. The van der Waals surface area contributed by atoms with Gasteiger partial charge in [-0.25, -0.2) is 0 Å². The van der Waals surface area contributed by atoms with E-state index in [0.29, 0.717) is 5.92 Å². The zero-order valence-corrected chi connectivity index (χ0v) is 38.8. The predicted molar refractivity (Wildman–Crippen MR) is 284 cm³/mol. The molecule has 0 N–H and O–H groups in total. The Hall–Kier alpha value is -7.22. The van der Waals surface area contributed by atoms with E-state index < -0.39 is 0 Å². The first-order chi connectivity index (χ1) is 33.1. The molecular formula is C66H57N. The van der Waals surface area contributed by atoms with Gasteiger partial charge in [-0.15, -0.1) is 0 Å². The van der Waals surface area contributed by atoms with Gasteiger partial charge in [0.2, 0.25) is 0 Å². The molecule has 1 atom stereocenters. The normalized spacial score (nSPS) is 17.1. The van der Waals surface area contributed by atoms with Gasteiger partial charge in [-0.2, -0.15) is 0 Å². The first kappa shape index (κ1) is 41.2. The van der Waals surface area contributed by atoms with E-state index in [1.807, 2.05) is 0 Å². The molecule has 0 bridgehead atoms. The molecule has 0 amide bonds. The van der Waals surface area contributed by atoms with Gasteiger partial charge in [0.05, 0.1) is 0 Å². The predicted octanol–water partition coefficient (Wildman–Crippen LogP) is 18.1. The largest absolute Gasteiger partial charge is 0.310 e. The molecule has 0 heterocycles. The molecule has 1 heteroatoms. The summed E-state index contributed by atoms with van der Waals surface area (Å²) in [7, 11) is 0. The standard InChI is InChI=1S/C66H57N/c1-3-65(4-2)62-42-47(30-36-57(62)59-39-35-54(45-64(59)65)67(52-20-10-6-11-21-52)53-22-12-7-13-23-53)27-26-46-28-31-49(32-29-46)60-43-50(48-18-8-5-9-19-48)33-37-55(60)51-34-38-58-56-24-14-15-25-61(56)66(63(58)44-51)40-16-17-41-66/h5-15,18-39,42-43,45,51H,3-4,16-17,40-41,44H2,1-2H3/b27-26+. The summed E-state index contributed by atoms with van der Waals surface area (Å²) in [6, 6.07) is 72.5. The highest BCUT2D eigenvalue weighted by molar-refractivity contribution is 5.89. The third-order valence-electron chi connectivity index (χ3n) is 16.1. The average Bonchev–Trinajstić information content (AvgIpc) is 4.08. The van der Waals surface area contributed by atoms with Crippen molar-refractivity contribution in [2.24, 2.45) is 0 Å². The summed E-state index contributed by atoms with van der Waals surface area (Å²) in [4.78, 5) is 2.39. The second-order valence-corrected chi connectivity index (χ2v) is 19.4. The Balaban J connectivity index is 0.850. The minimum Gasteiger partial charge on any atom is -0.310 e. The molecule has 1 unspecified atom stereocenters. The SMILES string of the molecule is CCC1(CC)c2cc(/C=C/c3ccc(-c4cc(-c5ccccc5)ccc4C4C=CC5=C(C4)C4(CCCC4)c4ccccc45)cc3)ccc2-c2ccc(N(c3ccccc3)c3ccccc3)cc21. The van der Waals surface area contributed by atoms with Crippen molar-refractivity contribution in [3.63, 3.8) is 0 Å². The molecule has 326 valence electrons. The molecule has 0 aromatic heterocycles. The molecule has 1 spiro atoms. The smallest absolute Gasteiger partial charge is 0.0465 e. The Morgan fingerprint density at radius 2 is 1.07 bits per heavy atom. The third-order valence-corrected chi connectivity index (χ3v) is 16.1.